The van der Waals surface area contributed by atoms with Crippen molar-refractivity contribution in [3.05, 3.63) is 82.6 Å². The van der Waals surface area contributed by atoms with E-state index in [1.807, 2.05) is 29.6 Å². The summed E-state index contributed by atoms with van der Waals surface area (Å²) in [4.78, 5) is 30.8. The Kier molecular flexibility index (Phi) is 8.11. The van der Waals surface area contributed by atoms with Gasteiger partial charge in [-0.15, -0.1) is 11.3 Å². The van der Waals surface area contributed by atoms with Crippen LogP contribution in [0.15, 0.2) is 72.1 Å². The molecule has 0 aliphatic carbocycles. The summed E-state index contributed by atoms with van der Waals surface area (Å²) >= 11 is 1.61. The van der Waals surface area contributed by atoms with Gasteiger partial charge in [0.2, 0.25) is 5.91 Å². The van der Waals surface area contributed by atoms with Gasteiger partial charge in [-0.25, -0.2) is 0 Å². The Morgan fingerprint density at radius 3 is 2.48 bits per heavy atom. The molecule has 2 aromatic carbocycles. The fourth-order valence-corrected chi connectivity index (χ4v) is 4.62. The molecular formula is C26H30N4O2S. The number of piperazine rings is 1. The number of amides is 2. The molecule has 4 rings (SSSR count). The van der Waals surface area contributed by atoms with Gasteiger partial charge < -0.3 is 15.5 Å². The zero-order chi connectivity index (χ0) is 22.9. The maximum Gasteiger partial charge on any atom is 0.251 e. The number of carbonyl (C=O) groups excluding carboxylic acids is 2. The maximum absolute atomic E-state index is 12.4. The third-order valence-corrected chi connectivity index (χ3v) is 6.66. The predicted molar refractivity (Wildman–Crippen MR) is 135 cm³/mol. The number of hydrogen-bond acceptors (Lipinski definition) is 5. The molecule has 2 N–H and O–H groups in total. The summed E-state index contributed by atoms with van der Waals surface area (Å²) in [5.74, 6) is -0.164. The number of nitrogens with one attached hydrogen (secondary N) is 2. The molecule has 2 heterocycles. The number of hydrogen-bond donors (Lipinski definition) is 2. The molecule has 1 aromatic heterocycles. The summed E-state index contributed by atoms with van der Waals surface area (Å²) in [6.45, 7) is 5.47. The standard InChI is InChI=1S/C26H30N4O2S/c31-25(12-5-13-29-14-16-30(17-15-29)23-9-2-1-3-10-23)28-22-8-4-7-21(19-22)26(32)27-20-24-11-6-18-33-24/h1-4,6-11,18-19H,5,12-17,20H2,(H,27,32)(H,28,31). The van der Waals surface area contributed by atoms with Crippen molar-refractivity contribution in [1.29, 1.82) is 0 Å². The number of rotatable bonds is 9. The molecule has 1 fully saturated rings. The molecule has 2 amide bonds. The molecule has 1 aliphatic rings. The highest BCUT2D eigenvalue weighted by Crippen LogP contribution is 2.16. The molecule has 6 nitrogen and oxygen atoms in total. The Balaban J connectivity index is 1.16. The van der Waals surface area contributed by atoms with Gasteiger partial charge in [0.15, 0.2) is 0 Å². The van der Waals surface area contributed by atoms with E-state index in [-0.39, 0.29) is 11.8 Å². The van der Waals surface area contributed by atoms with Crippen molar-refractivity contribution in [1.82, 2.24) is 10.2 Å². The van der Waals surface area contributed by atoms with Crippen molar-refractivity contribution < 1.29 is 9.59 Å². The Bertz CT molecular complexity index is 1030. The SMILES string of the molecule is O=C(CCCN1CCN(c2ccccc2)CC1)Nc1cccc(C(=O)NCc2cccs2)c1. The maximum atomic E-state index is 12.4. The van der Waals surface area contributed by atoms with E-state index in [0.29, 0.717) is 24.2 Å². The van der Waals surface area contributed by atoms with E-state index in [1.54, 1.807) is 29.5 Å². The average molecular weight is 463 g/mol. The third kappa shape index (κ3) is 6.91. The van der Waals surface area contributed by atoms with Gasteiger partial charge in [-0.3, -0.25) is 14.5 Å². The van der Waals surface area contributed by atoms with E-state index >= 15 is 0 Å². The fourth-order valence-electron chi connectivity index (χ4n) is 3.98. The minimum absolute atomic E-state index is 0.0194. The minimum atomic E-state index is -0.144. The van der Waals surface area contributed by atoms with Crippen LogP contribution in [0, 0.1) is 0 Å². The van der Waals surface area contributed by atoms with Crippen LogP contribution in [0.25, 0.3) is 0 Å². The molecule has 0 bridgehead atoms. The summed E-state index contributed by atoms with van der Waals surface area (Å²) < 4.78 is 0. The highest BCUT2D eigenvalue weighted by atomic mass is 32.1. The van der Waals surface area contributed by atoms with Crippen molar-refractivity contribution in [2.75, 3.05) is 42.9 Å². The van der Waals surface area contributed by atoms with Crippen molar-refractivity contribution in [2.45, 2.75) is 19.4 Å². The molecule has 172 valence electrons. The van der Waals surface area contributed by atoms with Crippen LogP contribution in [0.1, 0.15) is 28.1 Å². The number of benzene rings is 2. The van der Waals surface area contributed by atoms with E-state index in [1.165, 1.54) is 5.69 Å². The van der Waals surface area contributed by atoms with Gasteiger partial charge in [-0.1, -0.05) is 30.3 Å². The topological polar surface area (TPSA) is 64.7 Å². The van der Waals surface area contributed by atoms with Gasteiger partial charge in [0.1, 0.15) is 0 Å². The average Bonchev–Trinajstić information content (AvgIpc) is 3.37. The van der Waals surface area contributed by atoms with E-state index in [2.05, 4.69) is 44.7 Å². The Morgan fingerprint density at radius 2 is 1.73 bits per heavy atom. The summed E-state index contributed by atoms with van der Waals surface area (Å²) in [5, 5.41) is 7.83. The first-order chi connectivity index (χ1) is 16.2. The van der Waals surface area contributed by atoms with Crippen LogP contribution in [-0.4, -0.2) is 49.4 Å². The summed E-state index contributed by atoms with van der Waals surface area (Å²) in [5.41, 5.74) is 2.47. The van der Waals surface area contributed by atoms with E-state index < -0.39 is 0 Å². The lowest BCUT2D eigenvalue weighted by atomic mass is 10.1. The zero-order valence-electron chi connectivity index (χ0n) is 18.7. The Labute approximate surface area is 199 Å². The van der Waals surface area contributed by atoms with Crippen molar-refractivity contribution in [3.8, 4) is 0 Å². The molecule has 1 aliphatic heterocycles. The van der Waals surface area contributed by atoms with Crippen LogP contribution < -0.4 is 15.5 Å². The van der Waals surface area contributed by atoms with Crippen LogP contribution >= 0.6 is 11.3 Å². The van der Waals surface area contributed by atoms with Gasteiger partial charge in [0.05, 0.1) is 6.54 Å². The van der Waals surface area contributed by atoms with Gasteiger partial charge >= 0.3 is 0 Å². The molecule has 1 saturated heterocycles. The lowest BCUT2D eigenvalue weighted by Gasteiger charge is -2.36. The molecule has 0 atom stereocenters. The van der Waals surface area contributed by atoms with Gasteiger partial charge in [-0.05, 0) is 54.7 Å². The molecule has 0 saturated carbocycles. The van der Waals surface area contributed by atoms with Crippen LogP contribution in [0.5, 0.6) is 0 Å². The molecular weight excluding hydrogens is 432 g/mol. The van der Waals surface area contributed by atoms with E-state index in [0.717, 1.165) is 44.0 Å². The number of nitrogens with zero attached hydrogens (tertiary/aromatic N) is 2. The van der Waals surface area contributed by atoms with Crippen LogP contribution in [0.3, 0.4) is 0 Å². The van der Waals surface area contributed by atoms with Gasteiger partial charge in [0.25, 0.3) is 5.91 Å². The van der Waals surface area contributed by atoms with Crippen molar-refractivity contribution in [2.24, 2.45) is 0 Å². The van der Waals surface area contributed by atoms with Gasteiger partial charge in [0, 0.05) is 54.4 Å². The molecule has 0 spiro atoms. The summed E-state index contributed by atoms with van der Waals surface area (Å²) in [6, 6.07) is 21.6. The largest absolute Gasteiger partial charge is 0.369 e. The first-order valence-corrected chi connectivity index (χ1v) is 12.3. The smallest absolute Gasteiger partial charge is 0.251 e. The number of carbonyl (C=O) groups is 2. The lowest BCUT2D eigenvalue weighted by molar-refractivity contribution is -0.116. The molecule has 0 unspecified atom stereocenters. The predicted octanol–water partition coefficient (Wildman–Crippen LogP) is 4.22. The normalized spacial score (nSPS) is 14.1. The second-order valence-electron chi connectivity index (χ2n) is 8.16. The molecule has 0 radical (unpaired) electrons. The Hall–Kier alpha value is -3.16. The van der Waals surface area contributed by atoms with Crippen LogP contribution in [-0.2, 0) is 11.3 Å². The van der Waals surface area contributed by atoms with E-state index in [9.17, 15) is 9.59 Å². The number of thiophene rings is 1. The van der Waals surface area contributed by atoms with E-state index in [4.69, 9.17) is 0 Å². The summed E-state index contributed by atoms with van der Waals surface area (Å²) in [6.07, 6.45) is 1.28. The first kappa shape index (κ1) is 23.0. The monoisotopic (exact) mass is 462 g/mol. The number of para-hydroxylation sites is 1. The minimum Gasteiger partial charge on any atom is -0.369 e. The molecule has 7 heteroatoms. The van der Waals surface area contributed by atoms with Crippen LogP contribution in [0.4, 0.5) is 11.4 Å². The third-order valence-electron chi connectivity index (χ3n) is 5.78. The van der Waals surface area contributed by atoms with Crippen LogP contribution in [0.2, 0.25) is 0 Å². The quantitative estimate of drug-likeness (QED) is 0.500. The molecule has 33 heavy (non-hydrogen) atoms. The lowest BCUT2D eigenvalue weighted by Crippen LogP contribution is -2.46. The highest BCUT2D eigenvalue weighted by Gasteiger charge is 2.17. The van der Waals surface area contributed by atoms with Gasteiger partial charge in [-0.2, -0.15) is 0 Å². The molecule has 3 aromatic rings. The summed E-state index contributed by atoms with van der Waals surface area (Å²) in [7, 11) is 0. The highest BCUT2D eigenvalue weighted by molar-refractivity contribution is 7.09. The second kappa shape index (κ2) is 11.6. The van der Waals surface area contributed by atoms with Crippen molar-refractivity contribution in [3.63, 3.8) is 0 Å². The Morgan fingerprint density at radius 1 is 0.909 bits per heavy atom. The van der Waals surface area contributed by atoms with Crippen molar-refractivity contribution >= 4 is 34.5 Å². The second-order valence-corrected chi connectivity index (χ2v) is 9.19. The fraction of sp³-hybridized carbons (Fsp3) is 0.308. The zero-order valence-corrected chi connectivity index (χ0v) is 19.5. The number of anilines is 2. The first-order valence-electron chi connectivity index (χ1n) is 11.4.